The highest BCUT2D eigenvalue weighted by molar-refractivity contribution is 7.85. The minimum absolute atomic E-state index is 0.105. The molecule has 0 fully saturated rings. The van der Waals surface area contributed by atoms with E-state index >= 15 is 0 Å². The first kappa shape index (κ1) is 29.7. The lowest BCUT2D eigenvalue weighted by molar-refractivity contribution is -0.698. The SMILES string of the molecule is O=C(O)c1ccc(/C=C/c2ccc3c(c2)CCN3C2=CC3c4ccccc4N(c4ccccc4)C3C=C2)[n+](CCCS(=O)(=O)O)c1. The van der Waals surface area contributed by atoms with Crippen LogP contribution in [0.1, 0.15) is 45.1 Å². The van der Waals surface area contributed by atoms with Crippen molar-refractivity contribution in [3.05, 3.63) is 143 Å². The summed E-state index contributed by atoms with van der Waals surface area (Å²) in [6.45, 7) is 1.14. The van der Waals surface area contributed by atoms with Gasteiger partial charge in [0.1, 0.15) is 12.1 Å². The first-order valence-electron chi connectivity index (χ1n) is 15.4. The van der Waals surface area contributed by atoms with Crippen LogP contribution in [0.25, 0.3) is 12.2 Å². The minimum Gasteiger partial charge on any atom is -0.477 e. The highest BCUT2D eigenvalue weighted by Crippen LogP contribution is 2.49. The van der Waals surface area contributed by atoms with Gasteiger partial charge < -0.3 is 14.9 Å². The average Bonchev–Trinajstić information content (AvgIpc) is 3.62. The molecule has 7 rings (SSSR count). The van der Waals surface area contributed by atoms with Crippen molar-refractivity contribution in [3.63, 3.8) is 0 Å². The highest BCUT2D eigenvalue weighted by Gasteiger charge is 2.39. The summed E-state index contributed by atoms with van der Waals surface area (Å²) in [5.74, 6) is -1.21. The Hall–Kier alpha value is -4.99. The zero-order chi connectivity index (χ0) is 31.8. The molecule has 9 heteroatoms. The normalized spacial score (nSPS) is 18.4. The molecule has 3 aliphatic rings. The Morgan fingerprint density at radius 3 is 2.57 bits per heavy atom. The number of anilines is 3. The topological polar surface area (TPSA) is 102 Å². The summed E-state index contributed by atoms with van der Waals surface area (Å²) in [6.07, 6.45) is 13.5. The fourth-order valence-corrected chi connectivity index (χ4v) is 7.32. The molecule has 0 spiro atoms. The van der Waals surface area contributed by atoms with Crippen LogP contribution < -0.4 is 14.4 Å². The van der Waals surface area contributed by atoms with Gasteiger partial charge in [0.2, 0.25) is 5.69 Å². The number of hydrogen-bond donors (Lipinski definition) is 2. The number of aromatic nitrogens is 1. The van der Waals surface area contributed by atoms with Gasteiger partial charge in [0.05, 0.1) is 11.8 Å². The number of carboxylic acids is 1. The van der Waals surface area contributed by atoms with E-state index in [2.05, 4.69) is 101 Å². The van der Waals surface area contributed by atoms with Crippen molar-refractivity contribution in [1.29, 1.82) is 0 Å². The Kier molecular flexibility index (Phi) is 7.80. The van der Waals surface area contributed by atoms with Crippen molar-refractivity contribution in [3.8, 4) is 0 Å². The molecule has 2 unspecified atom stereocenters. The van der Waals surface area contributed by atoms with Crippen LogP contribution >= 0.6 is 0 Å². The summed E-state index contributed by atoms with van der Waals surface area (Å²) in [4.78, 5) is 16.4. The van der Waals surface area contributed by atoms with E-state index in [9.17, 15) is 18.3 Å². The third kappa shape index (κ3) is 5.87. The van der Waals surface area contributed by atoms with Crippen LogP contribution in [0.4, 0.5) is 17.1 Å². The van der Waals surface area contributed by atoms with Gasteiger partial charge in [-0.2, -0.15) is 13.0 Å². The second-order valence-corrected chi connectivity index (χ2v) is 13.4. The Labute approximate surface area is 268 Å². The molecule has 232 valence electrons. The largest absolute Gasteiger partial charge is 0.477 e. The molecular formula is C37H34N3O5S+. The van der Waals surface area contributed by atoms with Crippen molar-refractivity contribution in [2.75, 3.05) is 22.1 Å². The van der Waals surface area contributed by atoms with E-state index in [0.717, 1.165) is 24.2 Å². The number of carbonyl (C=O) groups is 1. The lowest BCUT2D eigenvalue weighted by Gasteiger charge is -2.31. The molecular weight excluding hydrogens is 598 g/mol. The zero-order valence-corrected chi connectivity index (χ0v) is 25.9. The Morgan fingerprint density at radius 2 is 1.76 bits per heavy atom. The molecule has 0 bridgehead atoms. The first-order valence-corrected chi connectivity index (χ1v) is 17.0. The molecule has 46 heavy (non-hydrogen) atoms. The smallest absolute Gasteiger partial charge is 0.341 e. The monoisotopic (exact) mass is 632 g/mol. The molecule has 3 heterocycles. The number of fused-ring (bicyclic) bond motifs is 4. The van der Waals surface area contributed by atoms with E-state index in [1.54, 1.807) is 10.6 Å². The van der Waals surface area contributed by atoms with E-state index in [-0.39, 0.29) is 30.5 Å². The van der Waals surface area contributed by atoms with E-state index in [1.165, 1.54) is 46.1 Å². The van der Waals surface area contributed by atoms with Crippen LogP contribution in [0.15, 0.2) is 115 Å². The quantitative estimate of drug-likeness (QED) is 0.166. The Balaban J connectivity index is 1.12. The zero-order valence-electron chi connectivity index (χ0n) is 25.1. The second kappa shape index (κ2) is 12.1. The fourth-order valence-electron chi connectivity index (χ4n) is 6.82. The third-order valence-electron chi connectivity index (χ3n) is 8.94. The van der Waals surface area contributed by atoms with Gasteiger partial charge in [-0.3, -0.25) is 4.55 Å². The number of allylic oxidation sites excluding steroid dienone is 1. The molecule has 2 atom stereocenters. The lowest BCUT2D eigenvalue weighted by Crippen LogP contribution is -2.38. The molecule has 8 nitrogen and oxygen atoms in total. The van der Waals surface area contributed by atoms with Gasteiger partial charge >= 0.3 is 5.97 Å². The number of aryl methyl sites for hydroxylation is 1. The van der Waals surface area contributed by atoms with E-state index in [4.69, 9.17) is 4.55 Å². The molecule has 0 saturated heterocycles. The summed E-state index contributed by atoms with van der Waals surface area (Å²) < 4.78 is 33.2. The van der Waals surface area contributed by atoms with Crippen molar-refractivity contribution in [2.24, 2.45) is 0 Å². The van der Waals surface area contributed by atoms with Gasteiger partial charge in [-0.05, 0) is 71.7 Å². The van der Waals surface area contributed by atoms with Gasteiger partial charge in [0, 0.05) is 53.8 Å². The average molecular weight is 633 g/mol. The first-order chi connectivity index (χ1) is 22.2. The molecule has 1 aliphatic carbocycles. The summed E-state index contributed by atoms with van der Waals surface area (Å²) >= 11 is 0. The van der Waals surface area contributed by atoms with Crippen LogP contribution in [0.3, 0.4) is 0 Å². The third-order valence-corrected chi connectivity index (χ3v) is 9.74. The number of carboxylic acid groups (broad SMARTS) is 1. The number of benzene rings is 3. The molecule has 0 amide bonds. The standard InChI is InChI=1S/C37H33N3O5S/c41-37(42)28-13-15-29(38(25-28)20-6-22-46(43,44)45)14-11-26-12-17-34-27(23-26)19-21-39(34)31-16-18-36-33(24-31)32-9-4-5-10-35(32)40(36)30-7-2-1-3-8-30/h1-5,7-18,23-25,33,36H,6,19-22H2,(H-,41,42,43,44,45)/p+1. The Bertz CT molecular complexity index is 2020. The number of para-hydroxylation sites is 2. The molecule has 2 aliphatic heterocycles. The number of nitrogens with zero attached hydrogens (tertiary/aromatic N) is 3. The van der Waals surface area contributed by atoms with E-state index in [0.29, 0.717) is 0 Å². The van der Waals surface area contributed by atoms with Crippen molar-refractivity contribution >= 4 is 45.3 Å². The van der Waals surface area contributed by atoms with E-state index < -0.39 is 21.8 Å². The predicted molar refractivity (Wildman–Crippen MR) is 180 cm³/mol. The van der Waals surface area contributed by atoms with Crippen LogP contribution in [-0.4, -0.2) is 42.4 Å². The van der Waals surface area contributed by atoms with Gasteiger partial charge in [-0.1, -0.05) is 54.6 Å². The minimum atomic E-state index is -4.10. The number of hydrogen-bond acceptors (Lipinski definition) is 5. The number of pyridine rings is 1. The maximum Gasteiger partial charge on any atom is 0.341 e. The maximum atomic E-state index is 11.5. The molecule has 1 aromatic heterocycles. The predicted octanol–water partition coefficient (Wildman–Crippen LogP) is 6.24. The number of rotatable bonds is 9. The van der Waals surface area contributed by atoms with Crippen molar-refractivity contribution < 1.29 is 27.4 Å². The van der Waals surface area contributed by atoms with Crippen molar-refractivity contribution in [1.82, 2.24) is 0 Å². The van der Waals surface area contributed by atoms with Gasteiger partial charge in [-0.25, -0.2) is 4.79 Å². The highest BCUT2D eigenvalue weighted by atomic mass is 32.2. The van der Waals surface area contributed by atoms with Crippen molar-refractivity contribution in [2.45, 2.75) is 31.3 Å². The number of aromatic carboxylic acids is 1. The van der Waals surface area contributed by atoms with Crippen LogP contribution in [0.5, 0.6) is 0 Å². The second-order valence-electron chi connectivity index (χ2n) is 11.8. The lowest BCUT2D eigenvalue weighted by atomic mass is 9.90. The molecule has 0 saturated carbocycles. The summed E-state index contributed by atoms with van der Waals surface area (Å²) in [6, 6.07) is 29.1. The van der Waals surface area contributed by atoms with Crippen LogP contribution in [0, 0.1) is 0 Å². The molecule has 4 aromatic rings. The summed E-state index contributed by atoms with van der Waals surface area (Å²) in [5.41, 5.74) is 9.30. The summed E-state index contributed by atoms with van der Waals surface area (Å²) in [7, 11) is -4.10. The van der Waals surface area contributed by atoms with Crippen LogP contribution in [0.2, 0.25) is 0 Å². The molecule has 2 N–H and O–H groups in total. The molecule has 3 aromatic carbocycles. The fraction of sp³-hybridized carbons (Fsp3) is 0.189. The molecule has 0 radical (unpaired) electrons. The van der Waals surface area contributed by atoms with Gasteiger partial charge in [-0.15, -0.1) is 0 Å². The van der Waals surface area contributed by atoms with Gasteiger partial charge in [0.15, 0.2) is 6.20 Å². The maximum absolute atomic E-state index is 11.5. The van der Waals surface area contributed by atoms with Crippen LogP contribution in [-0.2, 0) is 23.1 Å². The van der Waals surface area contributed by atoms with E-state index in [1.807, 2.05) is 12.2 Å². The summed E-state index contributed by atoms with van der Waals surface area (Å²) in [5, 5.41) is 9.43. The Morgan fingerprint density at radius 1 is 0.957 bits per heavy atom. The van der Waals surface area contributed by atoms with Gasteiger partial charge in [0.25, 0.3) is 10.1 Å².